The van der Waals surface area contributed by atoms with Crippen LogP contribution < -0.4 is 0 Å². The first-order valence-electron chi connectivity index (χ1n) is 6.78. The fourth-order valence-corrected chi connectivity index (χ4v) is 3.12. The van der Waals surface area contributed by atoms with Gasteiger partial charge in [0.1, 0.15) is 0 Å². The zero-order valence-electron chi connectivity index (χ0n) is 12.1. The zero-order valence-corrected chi connectivity index (χ0v) is 13.1. The summed E-state index contributed by atoms with van der Waals surface area (Å²) in [5, 5.41) is 9.66. The average molecular weight is 253 g/mol. The Morgan fingerprint density at radius 3 is 2.12 bits per heavy atom. The topological polar surface area (TPSA) is 33.0 Å². The summed E-state index contributed by atoms with van der Waals surface area (Å²) in [7, 11) is -1.70. The van der Waals surface area contributed by atoms with E-state index in [2.05, 4.69) is 39.9 Å². The van der Waals surface area contributed by atoms with Gasteiger partial charge >= 0.3 is 0 Å². The van der Waals surface area contributed by atoms with Gasteiger partial charge in [-0.25, -0.2) is 0 Å². The third-order valence-corrected chi connectivity index (χ3v) is 9.04. The molecule has 0 heterocycles. The van der Waals surface area contributed by atoms with E-state index in [0.717, 1.165) is 12.8 Å². The lowest BCUT2D eigenvalue weighted by atomic mass is 9.76. The van der Waals surface area contributed by atoms with E-state index in [0.29, 0.717) is 6.61 Å². The first kappa shape index (κ1) is 14.7. The van der Waals surface area contributed by atoms with Crippen molar-refractivity contribution in [3.8, 4) is 6.07 Å². The summed E-state index contributed by atoms with van der Waals surface area (Å²) in [5.41, 5.74) is -0.187. The van der Waals surface area contributed by atoms with Crippen LogP contribution in [-0.4, -0.2) is 14.9 Å². The van der Waals surface area contributed by atoms with Crippen LogP contribution in [0.25, 0.3) is 0 Å². The molecular weight excluding hydrogens is 226 g/mol. The molecule has 0 spiro atoms. The minimum atomic E-state index is -1.70. The molecule has 0 aromatic rings. The summed E-state index contributed by atoms with van der Waals surface area (Å²) in [6.45, 7) is 11.9. The molecule has 2 nitrogen and oxygen atoms in total. The van der Waals surface area contributed by atoms with Gasteiger partial charge in [0.15, 0.2) is 8.32 Å². The first-order chi connectivity index (χ1) is 7.72. The average Bonchev–Trinajstić information content (AvgIpc) is 2.26. The SMILES string of the molecule is CC(C)(C)[Si](C)(C)OCC1(C#N)CCCCC1. The summed E-state index contributed by atoms with van der Waals surface area (Å²) < 4.78 is 6.24. The first-order valence-corrected chi connectivity index (χ1v) is 9.69. The molecule has 1 rings (SSSR count). The van der Waals surface area contributed by atoms with Gasteiger partial charge in [0.2, 0.25) is 0 Å². The van der Waals surface area contributed by atoms with E-state index in [1.165, 1.54) is 19.3 Å². The van der Waals surface area contributed by atoms with Gasteiger partial charge in [-0.2, -0.15) is 5.26 Å². The van der Waals surface area contributed by atoms with Crippen molar-refractivity contribution in [2.45, 2.75) is 71.0 Å². The second kappa shape index (κ2) is 5.12. The predicted molar refractivity (Wildman–Crippen MR) is 74.3 cm³/mol. The molecule has 3 heteroatoms. The lowest BCUT2D eigenvalue weighted by Crippen LogP contribution is -2.44. The second-order valence-corrected chi connectivity index (χ2v) is 11.8. The molecule has 0 amide bonds. The summed E-state index contributed by atoms with van der Waals surface area (Å²) in [6.07, 6.45) is 5.71. The van der Waals surface area contributed by atoms with Gasteiger partial charge in [-0.3, -0.25) is 0 Å². The van der Waals surface area contributed by atoms with Crippen LogP contribution >= 0.6 is 0 Å². The molecule has 0 aromatic heterocycles. The van der Waals surface area contributed by atoms with Crippen LogP contribution in [-0.2, 0) is 4.43 Å². The lowest BCUT2D eigenvalue weighted by molar-refractivity contribution is 0.139. The Balaban J connectivity index is 2.63. The van der Waals surface area contributed by atoms with Gasteiger partial charge in [0.25, 0.3) is 0 Å². The number of rotatable bonds is 3. The van der Waals surface area contributed by atoms with Crippen LogP contribution in [0.15, 0.2) is 0 Å². The Kier molecular flexibility index (Phi) is 4.43. The summed E-state index contributed by atoms with van der Waals surface area (Å²) in [6, 6.07) is 2.54. The Labute approximate surface area is 107 Å². The van der Waals surface area contributed by atoms with Gasteiger partial charge in [-0.1, -0.05) is 40.0 Å². The van der Waals surface area contributed by atoms with Crippen molar-refractivity contribution in [2.24, 2.45) is 5.41 Å². The van der Waals surface area contributed by atoms with E-state index in [-0.39, 0.29) is 10.5 Å². The maximum atomic E-state index is 9.43. The molecule has 0 aromatic carbocycles. The maximum Gasteiger partial charge on any atom is 0.192 e. The van der Waals surface area contributed by atoms with Crippen LogP contribution in [0.1, 0.15) is 52.9 Å². The third-order valence-electron chi connectivity index (χ3n) is 4.56. The number of hydrogen-bond acceptors (Lipinski definition) is 2. The van der Waals surface area contributed by atoms with Gasteiger partial charge in [0, 0.05) is 0 Å². The highest BCUT2D eigenvalue weighted by atomic mass is 28.4. The molecule has 1 saturated carbocycles. The second-order valence-electron chi connectivity index (χ2n) is 7.00. The molecule has 1 fully saturated rings. The van der Waals surface area contributed by atoms with Crippen LogP contribution in [0.4, 0.5) is 0 Å². The zero-order chi connectivity index (χ0) is 13.2. The van der Waals surface area contributed by atoms with E-state index < -0.39 is 8.32 Å². The summed E-state index contributed by atoms with van der Waals surface area (Å²) >= 11 is 0. The standard InChI is InChI=1S/C14H27NOSi/c1-13(2,3)17(4,5)16-12-14(11-15)9-7-6-8-10-14/h6-10,12H2,1-5H3. The van der Waals surface area contributed by atoms with Crippen molar-refractivity contribution in [2.75, 3.05) is 6.61 Å². The summed E-state index contributed by atoms with van der Waals surface area (Å²) in [5.74, 6) is 0. The van der Waals surface area contributed by atoms with Crippen LogP contribution in [0.3, 0.4) is 0 Å². The van der Waals surface area contributed by atoms with Crippen molar-refractivity contribution < 1.29 is 4.43 Å². The van der Waals surface area contributed by atoms with Crippen molar-refractivity contribution in [3.63, 3.8) is 0 Å². The largest absolute Gasteiger partial charge is 0.415 e. The monoisotopic (exact) mass is 253 g/mol. The molecule has 0 radical (unpaired) electrons. The molecule has 0 N–H and O–H groups in total. The molecule has 0 aliphatic heterocycles. The highest BCUT2D eigenvalue weighted by Crippen LogP contribution is 2.41. The van der Waals surface area contributed by atoms with Crippen LogP contribution in [0.2, 0.25) is 18.1 Å². The number of nitrogens with zero attached hydrogens (tertiary/aromatic N) is 1. The maximum absolute atomic E-state index is 9.43. The number of nitriles is 1. The van der Waals surface area contributed by atoms with Gasteiger partial charge < -0.3 is 4.43 Å². The minimum absolute atomic E-state index is 0.187. The Morgan fingerprint density at radius 2 is 1.71 bits per heavy atom. The predicted octanol–water partition coefficient (Wildman–Crippen LogP) is 4.48. The Bertz CT molecular complexity index is 292. The minimum Gasteiger partial charge on any atom is -0.415 e. The Hall–Kier alpha value is -0.333. The van der Waals surface area contributed by atoms with Crippen molar-refractivity contribution in [1.29, 1.82) is 5.26 Å². The van der Waals surface area contributed by atoms with E-state index in [4.69, 9.17) is 4.43 Å². The Morgan fingerprint density at radius 1 is 1.18 bits per heavy atom. The van der Waals surface area contributed by atoms with Crippen LogP contribution in [0.5, 0.6) is 0 Å². The van der Waals surface area contributed by atoms with E-state index >= 15 is 0 Å². The van der Waals surface area contributed by atoms with E-state index in [1.54, 1.807) is 0 Å². The molecule has 0 unspecified atom stereocenters. The molecule has 17 heavy (non-hydrogen) atoms. The quantitative estimate of drug-likeness (QED) is 0.695. The van der Waals surface area contributed by atoms with Crippen molar-refractivity contribution in [1.82, 2.24) is 0 Å². The molecule has 98 valence electrons. The van der Waals surface area contributed by atoms with Gasteiger partial charge in [-0.05, 0) is 31.0 Å². The van der Waals surface area contributed by atoms with Crippen molar-refractivity contribution >= 4 is 8.32 Å². The van der Waals surface area contributed by atoms with Gasteiger partial charge in [0.05, 0.1) is 18.1 Å². The van der Waals surface area contributed by atoms with E-state index in [1.807, 2.05) is 0 Å². The van der Waals surface area contributed by atoms with Gasteiger partial charge in [-0.15, -0.1) is 0 Å². The lowest BCUT2D eigenvalue weighted by Gasteiger charge is -2.40. The fourth-order valence-electron chi connectivity index (χ4n) is 2.05. The van der Waals surface area contributed by atoms with Crippen molar-refractivity contribution in [3.05, 3.63) is 0 Å². The normalized spacial score (nSPS) is 20.9. The molecule has 1 aliphatic carbocycles. The molecular formula is C14H27NOSi. The molecule has 0 bridgehead atoms. The van der Waals surface area contributed by atoms with Crippen LogP contribution in [0, 0.1) is 16.7 Å². The number of hydrogen-bond donors (Lipinski definition) is 0. The molecule has 0 saturated heterocycles. The molecule has 1 aliphatic rings. The van der Waals surface area contributed by atoms with E-state index in [9.17, 15) is 5.26 Å². The highest BCUT2D eigenvalue weighted by Gasteiger charge is 2.41. The smallest absolute Gasteiger partial charge is 0.192 e. The third kappa shape index (κ3) is 3.56. The molecule has 0 atom stereocenters. The highest BCUT2D eigenvalue weighted by molar-refractivity contribution is 6.74. The summed E-state index contributed by atoms with van der Waals surface area (Å²) in [4.78, 5) is 0. The fraction of sp³-hybridized carbons (Fsp3) is 0.929.